The Bertz CT molecular complexity index is 811. The molecule has 1 heterocycles. The second-order valence-corrected chi connectivity index (χ2v) is 5.25. The third-order valence-corrected chi connectivity index (χ3v) is 3.49. The third kappa shape index (κ3) is 3.78. The van der Waals surface area contributed by atoms with Crippen LogP contribution in [0.25, 0.3) is 11.0 Å². The van der Waals surface area contributed by atoms with Gasteiger partial charge in [-0.15, -0.1) is 5.10 Å². The summed E-state index contributed by atoms with van der Waals surface area (Å²) in [5.74, 6) is -0.646. The Morgan fingerprint density at radius 2 is 2.00 bits per heavy atom. The van der Waals surface area contributed by atoms with E-state index in [9.17, 15) is 4.79 Å². The van der Waals surface area contributed by atoms with Crippen LogP contribution in [0.15, 0.2) is 33.8 Å². The van der Waals surface area contributed by atoms with Crippen molar-refractivity contribution in [2.75, 3.05) is 18.0 Å². The Morgan fingerprint density at radius 3 is 2.57 bits per heavy atom. The first-order chi connectivity index (χ1) is 11.0. The van der Waals surface area contributed by atoms with E-state index in [-0.39, 0.29) is 16.2 Å². The summed E-state index contributed by atoms with van der Waals surface area (Å²) in [7, 11) is 0. The highest BCUT2D eigenvalue weighted by Crippen LogP contribution is 2.21. The van der Waals surface area contributed by atoms with Gasteiger partial charge in [0.1, 0.15) is 11.1 Å². The molecule has 0 unspecified atom stereocenters. The summed E-state index contributed by atoms with van der Waals surface area (Å²) in [5.41, 5.74) is 14.9. The first-order valence-corrected chi connectivity index (χ1v) is 7.58. The minimum Gasteiger partial charge on any atom is -0.436 e. The Balaban J connectivity index is 2.63. The normalized spacial score (nSPS) is 11.5. The van der Waals surface area contributed by atoms with E-state index >= 15 is 0 Å². The number of carbonyl (C=O) groups is 1. The Hall–Kier alpha value is -2.61. The van der Waals surface area contributed by atoms with E-state index in [1.807, 2.05) is 18.2 Å². The number of thiocarbonyl (C=S) groups is 1. The van der Waals surface area contributed by atoms with Crippen molar-refractivity contribution in [2.24, 2.45) is 16.6 Å². The molecule has 2 rings (SSSR count). The van der Waals surface area contributed by atoms with E-state index in [0.717, 1.165) is 24.2 Å². The molecule has 0 bridgehead atoms. The molecule has 8 heteroatoms. The summed E-state index contributed by atoms with van der Waals surface area (Å²) in [6.07, 6.45) is 0. The minimum absolute atomic E-state index is 0.0346. The molecule has 0 aliphatic rings. The molecule has 0 aliphatic carbocycles. The average molecular weight is 333 g/mol. The van der Waals surface area contributed by atoms with Crippen LogP contribution in [0.5, 0.6) is 0 Å². The van der Waals surface area contributed by atoms with Crippen LogP contribution in [0.2, 0.25) is 0 Å². The van der Waals surface area contributed by atoms with E-state index in [2.05, 4.69) is 29.3 Å². The van der Waals surface area contributed by atoms with Gasteiger partial charge in [-0.25, -0.2) is 0 Å². The molecule has 1 aromatic carbocycles. The van der Waals surface area contributed by atoms with Crippen molar-refractivity contribution in [1.29, 1.82) is 0 Å². The van der Waals surface area contributed by atoms with Crippen molar-refractivity contribution in [1.82, 2.24) is 5.43 Å². The molecule has 5 N–H and O–H groups in total. The molecule has 0 fully saturated rings. The predicted octanol–water partition coefficient (Wildman–Crippen LogP) is 1.03. The number of hydrogen-bond donors (Lipinski definition) is 3. The van der Waals surface area contributed by atoms with E-state index in [0.29, 0.717) is 5.58 Å². The molecular formula is C15H19N5O2S. The van der Waals surface area contributed by atoms with Crippen LogP contribution in [0.1, 0.15) is 24.2 Å². The summed E-state index contributed by atoms with van der Waals surface area (Å²) >= 11 is 4.69. The molecule has 0 atom stereocenters. The number of nitrogens with zero attached hydrogens (tertiary/aromatic N) is 2. The summed E-state index contributed by atoms with van der Waals surface area (Å²) in [6.45, 7) is 5.91. The van der Waals surface area contributed by atoms with Crippen LogP contribution in [0.3, 0.4) is 0 Å². The van der Waals surface area contributed by atoms with Crippen LogP contribution in [0.4, 0.5) is 5.69 Å². The number of nitrogens with two attached hydrogens (primary N) is 2. The second kappa shape index (κ2) is 7.10. The highest BCUT2D eigenvalue weighted by Gasteiger charge is 2.11. The van der Waals surface area contributed by atoms with Gasteiger partial charge in [0, 0.05) is 30.2 Å². The quantitative estimate of drug-likeness (QED) is 0.557. The zero-order chi connectivity index (χ0) is 17.0. The smallest absolute Gasteiger partial charge is 0.254 e. The SMILES string of the molecule is CCN(CC)c1ccc2cc(C(N)=O)c(=NNC(N)=S)oc2c1. The molecule has 0 saturated carbocycles. The standard InChI is InChI=1S/C15H19N5O2S/c1-3-20(4-2)10-6-5-9-7-11(13(16)21)14(18-19-15(17)23)22-12(9)8-10/h5-8H,3-4H2,1-2H3,(H2,16,21)(H3,17,19,23). The van der Waals surface area contributed by atoms with Crippen molar-refractivity contribution < 1.29 is 9.21 Å². The minimum atomic E-state index is -0.646. The van der Waals surface area contributed by atoms with Crippen molar-refractivity contribution in [2.45, 2.75) is 13.8 Å². The van der Waals surface area contributed by atoms with Crippen LogP contribution >= 0.6 is 12.2 Å². The number of primary amides is 1. The van der Waals surface area contributed by atoms with E-state index in [1.165, 1.54) is 0 Å². The highest BCUT2D eigenvalue weighted by atomic mass is 32.1. The van der Waals surface area contributed by atoms with Gasteiger partial charge >= 0.3 is 0 Å². The zero-order valence-electron chi connectivity index (χ0n) is 13.0. The number of rotatable bonds is 5. The molecule has 1 amide bonds. The maximum atomic E-state index is 11.6. The van der Waals surface area contributed by atoms with Crippen molar-refractivity contribution in [3.63, 3.8) is 0 Å². The van der Waals surface area contributed by atoms with E-state index in [4.69, 9.17) is 28.1 Å². The Labute approximate surface area is 138 Å². The molecule has 23 heavy (non-hydrogen) atoms. The number of hydrogen-bond acceptors (Lipinski definition) is 5. The molecule has 1 aromatic heterocycles. The topological polar surface area (TPSA) is 110 Å². The summed E-state index contributed by atoms with van der Waals surface area (Å²) in [6, 6.07) is 7.38. The van der Waals surface area contributed by atoms with Crippen LogP contribution in [-0.4, -0.2) is 24.1 Å². The van der Waals surface area contributed by atoms with Gasteiger partial charge in [0.05, 0.1) is 0 Å². The first kappa shape index (κ1) is 16.8. The lowest BCUT2D eigenvalue weighted by Gasteiger charge is -2.21. The first-order valence-electron chi connectivity index (χ1n) is 7.18. The van der Waals surface area contributed by atoms with Gasteiger partial charge in [0.2, 0.25) is 5.55 Å². The molecule has 2 aromatic rings. The third-order valence-electron chi connectivity index (χ3n) is 3.40. The van der Waals surface area contributed by atoms with Gasteiger partial charge < -0.3 is 20.8 Å². The maximum Gasteiger partial charge on any atom is 0.254 e. The largest absolute Gasteiger partial charge is 0.436 e. The molecule has 0 radical (unpaired) electrons. The van der Waals surface area contributed by atoms with Crippen molar-refractivity contribution in [3.8, 4) is 0 Å². The molecule has 0 saturated heterocycles. The summed E-state index contributed by atoms with van der Waals surface area (Å²) in [5, 5.41) is 4.61. The van der Waals surface area contributed by atoms with E-state index < -0.39 is 5.91 Å². The van der Waals surface area contributed by atoms with Crippen molar-refractivity contribution in [3.05, 3.63) is 35.4 Å². The van der Waals surface area contributed by atoms with E-state index in [1.54, 1.807) is 6.07 Å². The van der Waals surface area contributed by atoms with Gasteiger partial charge in [-0.05, 0) is 44.3 Å². The monoisotopic (exact) mass is 333 g/mol. The predicted molar refractivity (Wildman–Crippen MR) is 93.8 cm³/mol. The van der Waals surface area contributed by atoms with Gasteiger partial charge in [-0.2, -0.15) is 0 Å². The lowest BCUT2D eigenvalue weighted by molar-refractivity contribution is 0.0996. The van der Waals surface area contributed by atoms with Crippen LogP contribution in [0, 0.1) is 0 Å². The van der Waals surface area contributed by atoms with Gasteiger partial charge in [-0.1, -0.05) is 0 Å². The maximum absolute atomic E-state index is 11.6. The fraction of sp³-hybridized carbons (Fsp3) is 0.267. The lowest BCUT2D eigenvalue weighted by atomic mass is 10.1. The summed E-state index contributed by atoms with van der Waals surface area (Å²) in [4.78, 5) is 13.8. The van der Waals surface area contributed by atoms with Gasteiger partial charge in [-0.3, -0.25) is 10.2 Å². The lowest BCUT2D eigenvalue weighted by Crippen LogP contribution is -2.29. The Kier molecular flexibility index (Phi) is 5.17. The van der Waals surface area contributed by atoms with Crippen LogP contribution in [-0.2, 0) is 0 Å². The second-order valence-electron chi connectivity index (χ2n) is 4.81. The number of fused-ring (bicyclic) bond motifs is 1. The summed E-state index contributed by atoms with van der Waals surface area (Å²) < 4.78 is 5.71. The number of benzene rings is 1. The molecule has 0 spiro atoms. The average Bonchev–Trinajstić information content (AvgIpc) is 2.52. The Morgan fingerprint density at radius 1 is 1.30 bits per heavy atom. The molecular weight excluding hydrogens is 314 g/mol. The fourth-order valence-electron chi connectivity index (χ4n) is 2.26. The number of amides is 1. The molecule has 7 nitrogen and oxygen atoms in total. The highest BCUT2D eigenvalue weighted by molar-refractivity contribution is 7.80. The number of nitrogens with one attached hydrogen (secondary N) is 1. The van der Waals surface area contributed by atoms with Crippen molar-refractivity contribution >= 4 is 39.9 Å². The van der Waals surface area contributed by atoms with Crippen LogP contribution < -0.4 is 27.3 Å². The molecule has 122 valence electrons. The number of anilines is 1. The molecule has 0 aliphatic heterocycles. The number of carbonyl (C=O) groups excluding carboxylic acids is 1. The zero-order valence-corrected chi connectivity index (χ0v) is 13.8. The van der Waals surface area contributed by atoms with Gasteiger partial charge in [0.15, 0.2) is 5.11 Å². The van der Waals surface area contributed by atoms with Gasteiger partial charge in [0.25, 0.3) is 5.91 Å². The fourth-order valence-corrected chi connectivity index (χ4v) is 2.30.